The first kappa shape index (κ1) is 15.2. The van der Waals surface area contributed by atoms with Gasteiger partial charge in [-0.3, -0.25) is 9.59 Å². The van der Waals surface area contributed by atoms with Gasteiger partial charge in [-0.15, -0.1) is 0 Å². The molecular weight excluding hydrogens is 350 g/mol. The van der Waals surface area contributed by atoms with Gasteiger partial charge in [-0.05, 0) is 34.1 Å². The molecule has 0 bridgehead atoms. The van der Waals surface area contributed by atoms with Crippen molar-refractivity contribution in [3.63, 3.8) is 0 Å². The summed E-state index contributed by atoms with van der Waals surface area (Å²) in [5.41, 5.74) is -0.311. The maximum atomic E-state index is 13.5. The number of halogens is 3. The lowest BCUT2D eigenvalue weighted by atomic mass is 10.3. The van der Waals surface area contributed by atoms with Crippen molar-refractivity contribution in [1.82, 2.24) is 5.32 Å². The van der Waals surface area contributed by atoms with E-state index in [-0.39, 0.29) is 16.7 Å². The van der Waals surface area contributed by atoms with Crippen molar-refractivity contribution in [3.05, 3.63) is 52.4 Å². The molecule has 0 saturated carbocycles. The molecule has 0 aliphatic carbocycles. The normalized spacial score (nSPS) is 10.2. The second-order valence-electron chi connectivity index (χ2n) is 3.96. The summed E-state index contributed by atoms with van der Waals surface area (Å²) in [5, 5.41) is 4.36. The highest BCUT2D eigenvalue weighted by Gasteiger charge is 2.18. The number of hydrogen-bond donors (Lipinski definition) is 2. The summed E-state index contributed by atoms with van der Waals surface area (Å²) >= 11 is 2.90. The molecule has 8 heteroatoms. The zero-order chi connectivity index (χ0) is 15.4. The topological polar surface area (TPSA) is 71.3 Å². The maximum Gasteiger partial charge on any atom is 0.313 e. The van der Waals surface area contributed by atoms with Crippen LogP contribution >= 0.6 is 15.9 Å². The van der Waals surface area contributed by atoms with Crippen molar-refractivity contribution in [2.45, 2.75) is 6.54 Å². The Kier molecular flexibility index (Phi) is 4.69. The van der Waals surface area contributed by atoms with E-state index in [0.29, 0.717) is 11.8 Å². The van der Waals surface area contributed by atoms with Gasteiger partial charge in [0.25, 0.3) is 0 Å². The minimum atomic E-state index is -1.08. The quantitative estimate of drug-likeness (QED) is 0.828. The summed E-state index contributed by atoms with van der Waals surface area (Å²) in [5.74, 6) is -3.38. The van der Waals surface area contributed by atoms with Gasteiger partial charge in [0, 0.05) is 10.5 Å². The van der Waals surface area contributed by atoms with Gasteiger partial charge in [-0.25, -0.2) is 8.78 Å². The largest absolute Gasteiger partial charge is 0.467 e. The summed E-state index contributed by atoms with van der Waals surface area (Å²) in [6, 6.07) is 4.82. The molecule has 1 heterocycles. The Labute approximate surface area is 126 Å². The van der Waals surface area contributed by atoms with Gasteiger partial charge < -0.3 is 15.1 Å². The molecule has 21 heavy (non-hydrogen) atoms. The Morgan fingerprint density at radius 3 is 2.62 bits per heavy atom. The van der Waals surface area contributed by atoms with Crippen LogP contribution in [0.1, 0.15) is 5.76 Å². The summed E-state index contributed by atoms with van der Waals surface area (Å²) in [6.45, 7) is 0.0202. The van der Waals surface area contributed by atoms with E-state index in [4.69, 9.17) is 4.42 Å². The fraction of sp³-hybridized carbons (Fsp3) is 0.0769. The van der Waals surface area contributed by atoms with Gasteiger partial charge in [-0.2, -0.15) is 0 Å². The Hall–Kier alpha value is -2.22. The number of amides is 2. The predicted octanol–water partition coefficient (Wildman–Crippen LogP) is 2.58. The van der Waals surface area contributed by atoms with Crippen molar-refractivity contribution < 1.29 is 22.8 Å². The average molecular weight is 359 g/mol. The third-order valence-electron chi connectivity index (χ3n) is 2.45. The van der Waals surface area contributed by atoms with Crippen molar-refractivity contribution in [1.29, 1.82) is 0 Å². The fourth-order valence-corrected chi connectivity index (χ4v) is 2.00. The molecule has 1 aromatic heterocycles. The Morgan fingerprint density at radius 1 is 1.24 bits per heavy atom. The van der Waals surface area contributed by atoms with Crippen LogP contribution in [0.25, 0.3) is 0 Å². The molecule has 2 N–H and O–H groups in total. The third kappa shape index (κ3) is 3.88. The lowest BCUT2D eigenvalue weighted by molar-refractivity contribution is -0.136. The number of nitrogens with one attached hydrogen (secondary N) is 2. The van der Waals surface area contributed by atoms with Gasteiger partial charge in [0.2, 0.25) is 0 Å². The number of anilines is 1. The second kappa shape index (κ2) is 6.49. The number of benzene rings is 1. The predicted molar refractivity (Wildman–Crippen MR) is 73.2 cm³/mol. The molecule has 2 rings (SSSR count). The van der Waals surface area contributed by atoms with Crippen molar-refractivity contribution >= 4 is 33.4 Å². The fourth-order valence-electron chi connectivity index (χ4n) is 1.49. The maximum absolute atomic E-state index is 13.5. The standard InChI is InChI=1S/C13H9BrF2N2O3/c14-9-4-7(15)5-10(16)11(9)18-13(20)12(19)17-6-8-2-1-3-21-8/h1-5H,6H2,(H,17,19)(H,18,20). The molecular formula is C13H9BrF2N2O3. The van der Waals surface area contributed by atoms with E-state index in [1.165, 1.54) is 6.26 Å². The van der Waals surface area contributed by atoms with Crippen LogP contribution in [-0.4, -0.2) is 11.8 Å². The van der Waals surface area contributed by atoms with Crippen molar-refractivity contribution in [3.8, 4) is 0 Å². The summed E-state index contributed by atoms with van der Waals surface area (Å²) < 4.78 is 31.4. The molecule has 1 aromatic carbocycles. The number of hydrogen-bond acceptors (Lipinski definition) is 3. The smallest absolute Gasteiger partial charge is 0.313 e. The van der Waals surface area contributed by atoms with E-state index in [0.717, 1.165) is 6.07 Å². The second-order valence-corrected chi connectivity index (χ2v) is 4.81. The zero-order valence-electron chi connectivity index (χ0n) is 10.5. The van der Waals surface area contributed by atoms with Crippen molar-refractivity contribution in [2.24, 2.45) is 0 Å². The zero-order valence-corrected chi connectivity index (χ0v) is 12.0. The lowest BCUT2D eigenvalue weighted by Crippen LogP contribution is -2.35. The summed E-state index contributed by atoms with van der Waals surface area (Å²) in [4.78, 5) is 23.2. The van der Waals surface area contributed by atoms with E-state index < -0.39 is 23.4 Å². The highest BCUT2D eigenvalue weighted by molar-refractivity contribution is 9.10. The summed E-state index contributed by atoms with van der Waals surface area (Å²) in [7, 11) is 0. The first-order valence-corrected chi connectivity index (χ1v) is 6.53. The highest BCUT2D eigenvalue weighted by atomic mass is 79.9. The molecule has 0 aliphatic heterocycles. The molecule has 0 fully saturated rings. The first-order valence-electron chi connectivity index (χ1n) is 5.73. The first-order chi connectivity index (χ1) is 9.97. The van der Waals surface area contributed by atoms with Gasteiger partial charge in [0.15, 0.2) is 5.82 Å². The Morgan fingerprint density at radius 2 is 2.00 bits per heavy atom. The van der Waals surface area contributed by atoms with Gasteiger partial charge in [0.1, 0.15) is 11.6 Å². The van der Waals surface area contributed by atoms with E-state index in [1.807, 2.05) is 0 Å². The highest BCUT2D eigenvalue weighted by Crippen LogP contribution is 2.26. The van der Waals surface area contributed by atoms with Crippen LogP contribution in [-0.2, 0) is 16.1 Å². The number of furan rings is 1. The van der Waals surface area contributed by atoms with Crippen LogP contribution in [0.15, 0.2) is 39.4 Å². The van der Waals surface area contributed by atoms with E-state index in [9.17, 15) is 18.4 Å². The van der Waals surface area contributed by atoms with Gasteiger partial charge in [0.05, 0.1) is 18.5 Å². The van der Waals surface area contributed by atoms with Crippen molar-refractivity contribution in [2.75, 3.05) is 5.32 Å². The van der Waals surface area contributed by atoms with Crippen LogP contribution in [0.2, 0.25) is 0 Å². The molecule has 0 radical (unpaired) electrons. The number of rotatable bonds is 3. The molecule has 2 amide bonds. The van der Waals surface area contributed by atoms with Crippen LogP contribution < -0.4 is 10.6 Å². The average Bonchev–Trinajstić information content (AvgIpc) is 2.93. The van der Waals surface area contributed by atoms with Crippen LogP contribution in [0.4, 0.5) is 14.5 Å². The molecule has 0 saturated heterocycles. The number of carbonyl (C=O) groups is 2. The molecule has 5 nitrogen and oxygen atoms in total. The van der Waals surface area contributed by atoms with Gasteiger partial charge >= 0.3 is 11.8 Å². The Balaban J connectivity index is 1.99. The van der Waals surface area contributed by atoms with E-state index >= 15 is 0 Å². The minimum absolute atomic E-state index is 0.00724. The lowest BCUT2D eigenvalue weighted by Gasteiger charge is -2.08. The monoisotopic (exact) mass is 358 g/mol. The molecule has 0 spiro atoms. The van der Waals surface area contributed by atoms with Crippen LogP contribution in [0.5, 0.6) is 0 Å². The minimum Gasteiger partial charge on any atom is -0.467 e. The Bertz CT molecular complexity index is 651. The molecule has 0 unspecified atom stereocenters. The SMILES string of the molecule is O=C(NCc1ccco1)C(=O)Nc1c(F)cc(F)cc1Br. The molecule has 110 valence electrons. The van der Waals surface area contributed by atoms with E-state index in [2.05, 4.69) is 26.6 Å². The van der Waals surface area contributed by atoms with Gasteiger partial charge in [-0.1, -0.05) is 0 Å². The van der Waals surface area contributed by atoms with Crippen LogP contribution in [0.3, 0.4) is 0 Å². The number of carbonyl (C=O) groups excluding carboxylic acids is 2. The van der Waals surface area contributed by atoms with E-state index in [1.54, 1.807) is 12.1 Å². The molecule has 0 aliphatic rings. The summed E-state index contributed by atoms with van der Waals surface area (Å²) in [6.07, 6.45) is 1.42. The van der Waals surface area contributed by atoms with Crippen LogP contribution in [0, 0.1) is 11.6 Å². The molecule has 2 aromatic rings. The third-order valence-corrected chi connectivity index (χ3v) is 3.08. The molecule has 0 atom stereocenters.